The zero-order chi connectivity index (χ0) is 11.4. The molecule has 1 aromatic heterocycles. The maximum atomic E-state index is 11.6. The molecule has 5 nitrogen and oxygen atoms in total. The molecule has 0 aliphatic rings. The highest BCUT2D eigenvalue weighted by Crippen LogP contribution is 1.97. The molecule has 0 amide bonds. The average Bonchev–Trinajstić information content (AvgIpc) is 2.18. The molecule has 0 saturated heterocycles. The molecule has 0 spiro atoms. The van der Waals surface area contributed by atoms with Crippen LogP contribution in [-0.4, -0.2) is 20.9 Å². The van der Waals surface area contributed by atoms with E-state index in [-0.39, 0.29) is 5.56 Å². The van der Waals surface area contributed by atoms with Gasteiger partial charge in [-0.15, -0.1) is 0 Å². The lowest BCUT2D eigenvalue weighted by Crippen LogP contribution is -2.29. The zero-order valence-electron chi connectivity index (χ0n) is 8.86. The fourth-order valence-corrected chi connectivity index (χ4v) is 1.29. The number of aromatic carboxylic acids is 1. The monoisotopic (exact) mass is 210 g/mol. The van der Waals surface area contributed by atoms with Gasteiger partial charge in [0.15, 0.2) is 0 Å². The van der Waals surface area contributed by atoms with Gasteiger partial charge in [0.1, 0.15) is 5.56 Å². The second kappa shape index (κ2) is 4.72. The summed E-state index contributed by atoms with van der Waals surface area (Å²) in [5.74, 6) is -1.20. The minimum atomic E-state index is -1.20. The van der Waals surface area contributed by atoms with Gasteiger partial charge in [-0.05, 0) is 19.4 Å². The van der Waals surface area contributed by atoms with Gasteiger partial charge < -0.3 is 5.11 Å². The number of rotatable bonds is 4. The Morgan fingerprint density at radius 1 is 1.60 bits per heavy atom. The van der Waals surface area contributed by atoms with E-state index in [4.69, 9.17) is 5.11 Å². The molecule has 1 N–H and O–H groups in total. The summed E-state index contributed by atoms with van der Waals surface area (Å²) in [6, 6.07) is 1.30. The Morgan fingerprint density at radius 2 is 2.27 bits per heavy atom. The third-order valence-corrected chi connectivity index (χ3v) is 2.05. The van der Waals surface area contributed by atoms with Crippen LogP contribution in [0.3, 0.4) is 0 Å². The van der Waals surface area contributed by atoms with Crippen molar-refractivity contribution in [3.05, 3.63) is 27.7 Å². The minimum Gasteiger partial charge on any atom is -0.477 e. The van der Waals surface area contributed by atoms with Gasteiger partial charge in [0, 0.05) is 6.54 Å². The van der Waals surface area contributed by atoms with Gasteiger partial charge >= 0.3 is 5.97 Å². The standard InChI is InChI=1S/C10H14N2O3/c1-3-4-5-12-9(13)8(10(14)15)6-7(2)11-12/h6H,3-5H2,1-2H3,(H,14,15). The fraction of sp³-hybridized carbons (Fsp3) is 0.500. The van der Waals surface area contributed by atoms with Crippen LogP contribution in [0.2, 0.25) is 0 Å². The first-order chi connectivity index (χ1) is 7.06. The molecule has 0 aromatic carbocycles. The van der Waals surface area contributed by atoms with Crippen molar-refractivity contribution in [2.75, 3.05) is 0 Å². The molecule has 82 valence electrons. The number of aryl methyl sites for hydroxylation is 2. The summed E-state index contributed by atoms with van der Waals surface area (Å²) in [6.45, 7) is 4.14. The van der Waals surface area contributed by atoms with E-state index >= 15 is 0 Å². The van der Waals surface area contributed by atoms with Crippen molar-refractivity contribution in [1.29, 1.82) is 0 Å². The van der Waals surface area contributed by atoms with Crippen LogP contribution in [0, 0.1) is 6.92 Å². The summed E-state index contributed by atoms with van der Waals surface area (Å²) in [7, 11) is 0. The molecular weight excluding hydrogens is 196 g/mol. The fourth-order valence-electron chi connectivity index (χ4n) is 1.29. The highest BCUT2D eigenvalue weighted by molar-refractivity contribution is 5.87. The SMILES string of the molecule is CCCCn1nc(C)cc(C(=O)O)c1=O. The Morgan fingerprint density at radius 3 is 2.80 bits per heavy atom. The van der Waals surface area contributed by atoms with Crippen molar-refractivity contribution >= 4 is 5.97 Å². The van der Waals surface area contributed by atoms with Crippen LogP contribution in [0.5, 0.6) is 0 Å². The van der Waals surface area contributed by atoms with E-state index in [0.29, 0.717) is 12.2 Å². The Balaban J connectivity index is 3.17. The molecule has 0 fully saturated rings. The van der Waals surface area contributed by atoms with Crippen LogP contribution < -0.4 is 5.56 Å². The molecule has 0 aliphatic carbocycles. The van der Waals surface area contributed by atoms with Gasteiger partial charge in [-0.2, -0.15) is 5.10 Å². The summed E-state index contributed by atoms with van der Waals surface area (Å²) >= 11 is 0. The highest BCUT2D eigenvalue weighted by Gasteiger charge is 2.12. The van der Waals surface area contributed by atoms with Gasteiger partial charge in [-0.25, -0.2) is 9.48 Å². The average molecular weight is 210 g/mol. The molecule has 0 unspecified atom stereocenters. The van der Waals surface area contributed by atoms with Crippen LogP contribution in [-0.2, 0) is 6.54 Å². The van der Waals surface area contributed by atoms with Crippen LogP contribution in [0.1, 0.15) is 35.8 Å². The Bertz CT molecular complexity index is 423. The topological polar surface area (TPSA) is 72.2 Å². The number of carboxylic acid groups (broad SMARTS) is 1. The molecule has 0 saturated carbocycles. The number of carbonyl (C=O) groups is 1. The number of hydrogen-bond donors (Lipinski definition) is 1. The van der Waals surface area contributed by atoms with Crippen molar-refractivity contribution in [2.24, 2.45) is 0 Å². The summed E-state index contributed by atoms with van der Waals surface area (Å²) in [5.41, 5.74) is -0.191. The molecular formula is C10H14N2O3. The van der Waals surface area contributed by atoms with Gasteiger partial charge in [0.25, 0.3) is 5.56 Å². The predicted octanol–water partition coefficient (Wildman–Crippen LogP) is 1.05. The Labute approximate surface area is 87.4 Å². The number of hydrogen-bond acceptors (Lipinski definition) is 3. The van der Waals surface area contributed by atoms with Gasteiger partial charge in [-0.1, -0.05) is 13.3 Å². The number of nitrogens with zero attached hydrogens (tertiary/aromatic N) is 2. The first-order valence-corrected chi connectivity index (χ1v) is 4.88. The maximum Gasteiger partial charge on any atom is 0.341 e. The molecule has 1 rings (SSSR count). The molecule has 0 radical (unpaired) electrons. The second-order valence-electron chi connectivity index (χ2n) is 3.39. The molecule has 5 heteroatoms. The van der Waals surface area contributed by atoms with Crippen molar-refractivity contribution in [3.8, 4) is 0 Å². The molecule has 0 atom stereocenters. The van der Waals surface area contributed by atoms with Crippen LogP contribution in [0.4, 0.5) is 0 Å². The smallest absolute Gasteiger partial charge is 0.341 e. The Hall–Kier alpha value is -1.65. The van der Waals surface area contributed by atoms with Crippen molar-refractivity contribution < 1.29 is 9.90 Å². The summed E-state index contributed by atoms with van der Waals surface area (Å²) in [6.07, 6.45) is 1.75. The number of unbranched alkanes of at least 4 members (excludes halogenated alkanes) is 1. The second-order valence-corrected chi connectivity index (χ2v) is 3.39. The van der Waals surface area contributed by atoms with Crippen molar-refractivity contribution in [3.63, 3.8) is 0 Å². The first kappa shape index (κ1) is 11.4. The van der Waals surface area contributed by atoms with E-state index in [1.807, 2.05) is 6.92 Å². The number of carboxylic acids is 1. The normalized spacial score (nSPS) is 10.3. The molecule has 15 heavy (non-hydrogen) atoms. The van der Waals surface area contributed by atoms with Crippen molar-refractivity contribution in [2.45, 2.75) is 33.2 Å². The largest absolute Gasteiger partial charge is 0.477 e. The summed E-state index contributed by atoms with van der Waals surface area (Å²) < 4.78 is 1.22. The quantitative estimate of drug-likeness (QED) is 0.806. The predicted molar refractivity (Wildman–Crippen MR) is 55.1 cm³/mol. The summed E-state index contributed by atoms with van der Waals surface area (Å²) in [4.78, 5) is 22.3. The third-order valence-electron chi connectivity index (χ3n) is 2.05. The van der Waals surface area contributed by atoms with E-state index in [1.54, 1.807) is 6.92 Å². The molecule has 0 bridgehead atoms. The van der Waals surface area contributed by atoms with Gasteiger partial charge in [-0.3, -0.25) is 4.79 Å². The highest BCUT2D eigenvalue weighted by atomic mass is 16.4. The lowest BCUT2D eigenvalue weighted by atomic mass is 10.2. The molecule has 1 aromatic rings. The van der Waals surface area contributed by atoms with Crippen LogP contribution in [0.25, 0.3) is 0 Å². The lowest BCUT2D eigenvalue weighted by molar-refractivity contribution is 0.0693. The minimum absolute atomic E-state index is 0.210. The van der Waals surface area contributed by atoms with Crippen LogP contribution >= 0.6 is 0 Å². The van der Waals surface area contributed by atoms with E-state index in [9.17, 15) is 9.59 Å². The van der Waals surface area contributed by atoms with E-state index < -0.39 is 11.5 Å². The lowest BCUT2D eigenvalue weighted by Gasteiger charge is -2.05. The van der Waals surface area contributed by atoms with E-state index in [1.165, 1.54) is 10.7 Å². The third kappa shape index (κ3) is 2.65. The van der Waals surface area contributed by atoms with Gasteiger partial charge in [0.05, 0.1) is 5.69 Å². The summed E-state index contributed by atoms with van der Waals surface area (Å²) in [5, 5.41) is 12.8. The van der Waals surface area contributed by atoms with Gasteiger partial charge in [0.2, 0.25) is 0 Å². The van der Waals surface area contributed by atoms with E-state index in [0.717, 1.165) is 12.8 Å². The van der Waals surface area contributed by atoms with Crippen molar-refractivity contribution in [1.82, 2.24) is 9.78 Å². The zero-order valence-corrected chi connectivity index (χ0v) is 8.86. The first-order valence-electron chi connectivity index (χ1n) is 4.88. The number of aromatic nitrogens is 2. The van der Waals surface area contributed by atoms with E-state index in [2.05, 4.69) is 5.10 Å². The Kier molecular flexibility index (Phi) is 3.60. The maximum absolute atomic E-state index is 11.6. The molecule has 1 heterocycles. The molecule has 0 aliphatic heterocycles. The van der Waals surface area contributed by atoms with Crippen LogP contribution in [0.15, 0.2) is 10.9 Å².